The topological polar surface area (TPSA) is 55.6 Å². The molecule has 0 radical (unpaired) electrons. The number of benzene rings is 1. The lowest BCUT2D eigenvalue weighted by Crippen LogP contribution is -2.49. The maximum atomic E-state index is 13.8. The third kappa shape index (κ3) is 3.16. The highest BCUT2D eigenvalue weighted by atomic mass is 19.1. The summed E-state index contributed by atoms with van der Waals surface area (Å²) >= 11 is 0. The number of ether oxygens (including phenoxy) is 1. The summed E-state index contributed by atoms with van der Waals surface area (Å²) in [7, 11) is 1.61. The Kier molecular flexibility index (Phi) is 4.73. The first kappa shape index (κ1) is 14.9. The van der Waals surface area contributed by atoms with Crippen molar-refractivity contribution in [2.75, 3.05) is 20.3 Å². The van der Waals surface area contributed by atoms with Crippen molar-refractivity contribution in [2.45, 2.75) is 31.3 Å². The molecule has 1 amide bonds. The van der Waals surface area contributed by atoms with Crippen LogP contribution in [0.25, 0.3) is 0 Å². The number of amides is 1. The Bertz CT molecular complexity index is 481. The van der Waals surface area contributed by atoms with E-state index in [1.807, 2.05) is 6.07 Å². The highest BCUT2D eigenvalue weighted by Crippen LogP contribution is 2.34. The second kappa shape index (κ2) is 6.33. The molecule has 1 aliphatic heterocycles. The van der Waals surface area contributed by atoms with Crippen LogP contribution >= 0.6 is 0 Å². The number of carbonyl (C=O) groups is 1. The maximum absolute atomic E-state index is 13.8. The minimum absolute atomic E-state index is 0.218. The van der Waals surface area contributed by atoms with Gasteiger partial charge in [-0.3, -0.25) is 9.69 Å². The van der Waals surface area contributed by atoms with Gasteiger partial charge < -0.3 is 10.5 Å². The van der Waals surface area contributed by atoms with E-state index in [0.717, 1.165) is 19.4 Å². The van der Waals surface area contributed by atoms with Crippen molar-refractivity contribution >= 4 is 5.91 Å². The van der Waals surface area contributed by atoms with Gasteiger partial charge in [-0.25, -0.2) is 4.39 Å². The summed E-state index contributed by atoms with van der Waals surface area (Å²) in [4.78, 5) is 13.5. The molecule has 1 saturated heterocycles. The lowest BCUT2D eigenvalue weighted by Gasteiger charge is -2.37. The number of primary amides is 1. The van der Waals surface area contributed by atoms with E-state index in [2.05, 4.69) is 4.90 Å². The lowest BCUT2D eigenvalue weighted by molar-refractivity contribution is -0.121. The average molecular weight is 280 g/mol. The third-order valence-corrected chi connectivity index (χ3v) is 3.98. The van der Waals surface area contributed by atoms with E-state index in [0.29, 0.717) is 18.7 Å². The fourth-order valence-electron chi connectivity index (χ4n) is 3.08. The lowest BCUT2D eigenvalue weighted by atomic mass is 9.92. The molecule has 2 rings (SSSR count). The minimum Gasteiger partial charge on any atom is -0.383 e. The summed E-state index contributed by atoms with van der Waals surface area (Å²) in [5.41, 5.74) is 5.62. The molecule has 0 spiro atoms. The Labute approximate surface area is 118 Å². The third-order valence-electron chi connectivity index (χ3n) is 3.98. The van der Waals surface area contributed by atoms with E-state index in [1.165, 1.54) is 6.07 Å². The number of halogens is 1. The fraction of sp³-hybridized carbons (Fsp3) is 0.533. The standard InChI is InChI=1S/C15H21FN2O2/c1-20-11-15(9-14(17)19)7-4-8-18(15)10-12-5-2-3-6-13(12)16/h2-3,5-6H,4,7-11H2,1H3,(H2,17,19). The largest absolute Gasteiger partial charge is 0.383 e. The van der Waals surface area contributed by atoms with E-state index in [1.54, 1.807) is 19.2 Å². The molecule has 4 nitrogen and oxygen atoms in total. The van der Waals surface area contributed by atoms with Crippen LogP contribution in [0, 0.1) is 5.82 Å². The summed E-state index contributed by atoms with van der Waals surface area (Å²) in [6, 6.07) is 6.72. The molecule has 110 valence electrons. The first-order chi connectivity index (χ1) is 9.57. The van der Waals surface area contributed by atoms with Crippen LogP contribution in [0.4, 0.5) is 4.39 Å². The van der Waals surface area contributed by atoms with Crippen molar-refractivity contribution in [2.24, 2.45) is 5.73 Å². The van der Waals surface area contributed by atoms with Crippen LogP contribution in [-0.2, 0) is 16.1 Å². The number of hydrogen-bond donors (Lipinski definition) is 1. The second-order valence-corrected chi connectivity index (χ2v) is 5.42. The van der Waals surface area contributed by atoms with E-state index < -0.39 is 5.54 Å². The van der Waals surface area contributed by atoms with Gasteiger partial charge in [0.1, 0.15) is 5.82 Å². The number of nitrogens with zero attached hydrogens (tertiary/aromatic N) is 1. The minimum atomic E-state index is -0.400. The van der Waals surface area contributed by atoms with Crippen molar-refractivity contribution in [3.05, 3.63) is 35.6 Å². The van der Waals surface area contributed by atoms with Crippen LogP contribution in [-0.4, -0.2) is 36.6 Å². The Morgan fingerprint density at radius 3 is 2.90 bits per heavy atom. The summed E-state index contributed by atoms with van der Waals surface area (Å²) < 4.78 is 19.1. The summed E-state index contributed by atoms with van der Waals surface area (Å²) in [6.45, 7) is 1.73. The van der Waals surface area contributed by atoms with Crippen LogP contribution in [0.15, 0.2) is 24.3 Å². The Morgan fingerprint density at radius 1 is 1.50 bits per heavy atom. The van der Waals surface area contributed by atoms with E-state index >= 15 is 0 Å². The Morgan fingerprint density at radius 2 is 2.25 bits per heavy atom. The van der Waals surface area contributed by atoms with Crippen molar-refractivity contribution in [3.63, 3.8) is 0 Å². The predicted octanol–water partition coefficient (Wildman–Crippen LogP) is 1.68. The molecule has 1 unspecified atom stereocenters. The van der Waals surface area contributed by atoms with Crippen LogP contribution in [0.5, 0.6) is 0 Å². The van der Waals surface area contributed by atoms with E-state index in [4.69, 9.17) is 10.5 Å². The SMILES string of the molecule is COCC1(CC(N)=O)CCCN1Cc1ccccc1F. The van der Waals surface area contributed by atoms with Gasteiger partial charge in [-0.1, -0.05) is 18.2 Å². The highest BCUT2D eigenvalue weighted by Gasteiger charge is 2.42. The Hall–Kier alpha value is -1.46. The van der Waals surface area contributed by atoms with Gasteiger partial charge in [-0.2, -0.15) is 0 Å². The molecule has 2 N–H and O–H groups in total. The average Bonchev–Trinajstić information content (AvgIpc) is 2.75. The zero-order valence-corrected chi connectivity index (χ0v) is 11.8. The molecule has 0 saturated carbocycles. The molecule has 5 heteroatoms. The van der Waals surface area contributed by atoms with Crippen LogP contribution in [0.2, 0.25) is 0 Å². The molecular formula is C15H21FN2O2. The van der Waals surface area contributed by atoms with Gasteiger partial charge in [0.2, 0.25) is 5.91 Å². The van der Waals surface area contributed by atoms with Gasteiger partial charge in [0.15, 0.2) is 0 Å². The molecule has 1 aliphatic rings. The zero-order chi connectivity index (χ0) is 14.6. The second-order valence-electron chi connectivity index (χ2n) is 5.42. The van der Waals surface area contributed by atoms with Crippen LogP contribution in [0.1, 0.15) is 24.8 Å². The first-order valence-corrected chi connectivity index (χ1v) is 6.83. The maximum Gasteiger partial charge on any atom is 0.219 e. The van der Waals surface area contributed by atoms with Gasteiger partial charge in [0.05, 0.1) is 12.1 Å². The molecule has 1 fully saturated rings. The number of likely N-dealkylation sites (tertiary alicyclic amines) is 1. The molecule has 0 bridgehead atoms. The van der Waals surface area contributed by atoms with Crippen molar-refractivity contribution < 1.29 is 13.9 Å². The van der Waals surface area contributed by atoms with Crippen molar-refractivity contribution in [3.8, 4) is 0 Å². The van der Waals surface area contributed by atoms with Gasteiger partial charge in [-0.05, 0) is 25.5 Å². The zero-order valence-electron chi connectivity index (χ0n) is 11.8. The van der Waals surface area contributed by atoms with E-state index in [-0.39, 0.29) is 18.1 Å². The van der Waals surface area contributed by atoms with Gasteiger partial charge >= 0.3 is 0 Å². The molecule has 1 aromatic carbocycles. The molecule has 1 atom stereocenters. The normalized spacial score (nSPS) is 23.1. The van der Waals surface area contributed by atoms with Crippen molar-refractivity contribution in [1.82, 2.24) is 4.90 Å². The smallest absolute Gasteiger partial charge is 0.219 e. The molecule has 0 aliphatic carbocycles. The molecule has 20 heavy (non-hydrogen) atoms. The molecule has 0 aromatic heterocycles. The summed E-state index contributed by atoms with van der Waals surface area (Å²) in [6.07, 6.45) is 2.05. The molecular weight excluding hydrogens is 259 g/mol. The quantitative estimate of drug-likeness (QED) is 0.862. The monoisotopic (exact) mass is 280 g/mol. The van der Waals surface area contributed by atoms with Crippen LogP contribution < -0.4 is 5.73 Å². The molecule has 1 heterocycles. The number of methoxy groups -OCH3 is 1. The Balaban J connectivity index is 2.20. The predicted molar refractivity (Wildman–Crippen MR) is 74.5 cm³/mol. The molecule has 1 aromatic rings. The number of hydrogen-bond acceptors (Lipinski definition) is 3. The van der Waals surface area contributed by atoms with Crippen LogP contribution in [0.3, 0.4) is 0 Å². The van der Waals surface area contributed by atoms with Gasteiger partial charge in [0.25, 0.3) is 0 Å². The van der Waals surface area contributed by atoms with E-state index in [9.17, 15) is 9.18 Å². The number of carbonyl (C=O) groups excluding carboxylic acids is 1. The first-order valence-electron chi connectivity index (χ1n) is 6.83. The summed E-state index contributed by atoms with van der Waals surface area (Å²) in [5, 5.41) is 0. The highest BCUT2D eigenvalue weighted by molar-refractivity contribution is 5.75. The number of rotatable bonds is 6. The van der Waals surface area contributed by atoms with Gasteiger partial charge in [0, 0.05) is 25.6 Å². The summed E-state index contributed by atoms with van der Waals surface area (Å²) in [5.74, 6) is -0.563. The number of nitrogens with two attached hydrogens (primary N) is 1. The van der Waals surface area contributed by atoms with Crippen molar-refractivity contribution in [1.29, 1.82) is 0 Å². The fourth-order valence-corrected chi connectivity index (χ4v) is 3.08. The van der Waals surface area contributed by atoms with Gasteiger partial charge in [-0.15, -0.1) is 0 Å².